The molecule has 0 saturated heterocycles. The number of alkyl halides is 3. The van der Waals surface area contributed by atoms with Gasteiger partial charge in [-0.25, -0.2) is 0 Å². The predicted octanol–water partition coefficient (Wildman–Crippen LogP) is 4.26. The maximum absolute atomic E-state index is 14.0. The molecular formula is C24H22F3N3O6S. The molecule has 0 aliphatic heterocycles. The highest BCUT2D eigenvalue weighted by molar-refractivity contribution is 7.85. The normalized spacial score (nSPS) is 13.2. The first-order chi connectivity index (χ1) is 17.3. The van der Waals surface area contributed by atoms with E-state index in [1.807, 2.05) is 0 Å². The molecule has 0 amide bonds. The number of hydrogen-bond acceptors (Lipinski definition) is 7. The van der Waals surface area contributed by atoms with Crippen molar-refractivity contribution in [2.24, 2.45) is 0 Å². The summed E-state index contributed by atoms with van der Waals surface area (Å²) in [4.78, 5) is 17.6. The van der Waals surface area contributed by atoms with Gasteiger partial charge in [-0.3, -0.25) is 14.3 Å². The summed E-state index contributed by atoms with van der Waals surface area (Å²) in [6.45, 7) is 3.15. The Morgan fingerprint density at radius 2 is 1.92 bits per heavy atom. The van der Waals surface area contributed by atoms with Crippen LogP contribution in [0, 0.1) is 13.8 Å². The van der Waals surface area contributed by atoms with E-state index in [9.17, 15) is 30.9 Å². The highest BCUT2D eigenvalue weighted by atomic mass is 32.2. The van der Waals surface area contributed by atoms with E-state index in [4.69, 9.17) is 9.26 Å². The van der Waals surface area contributed by atoms with Crippen LogP contribution in [0.1, 0.15) is 28.6 Å². The van der Waals surface area contributed by atoms with Gasteiger partial charge in [-0.15, -0.1) is 0 Å². The molecule has 0 radical (unpaired) electrons. The van der Waals surface area contributed by atoms with Crippen molar-refractivity contribution in [1.29, 1.82) is 0 Å². The molecular weight excluding hydrogens is 515 g/mol. The summed E-state index contributed by atoms with van der Waals surface area (Å²) in [6, 6.07) is 8.93. The van der Waals surface area contributed by atoms with Gasteiger partial charge in [-0.2, -0.15) is 21.6 Å². The monoisotopic (exact) mass is 537 g/mol. The van der Waals surface area contributed by atoms with Gasteiger partial charge in [0.15, 0.2) is 0 Å². The first-order valence-corrected chi connectivity index (χ1v) is 12.5. The number of pyridine rings is 2. The molecule has 3 aromatic heterocycles. The average Bonchev–Trinajstić information content (AvgIpc) is 3.15. The summed E-state index contributed by atoms with van der Waals surface area (Å²) in [7, 11) is -3.68. The quantitative estimate of drug-likeness (QED) is 0.347. The number of rotatable bonds is 7. The molecule has 1 N–H and O–H groups in total. The van der Waals surface area contributed by atoms with Crippen molar-refractivity contribution in [3.8, 4) is 16.9 Å². The molecule has 37 heavy (non-hydrogen) atoms. The Labute approximate surface area is 209 Å². The Balaban J connectivity index is 2.08. The summed E-state index contributed by atoms with van der Waals surface area (Å²) >= 11 is 0. The fourth-order valence-corrected chi connectivity index (χ4v) is 5.08. The second-order valence-corrected chi connectivity index (χ2v) is 9.96. The van der Waals surface area contributed by atoms with Crippen LogP contribution in [-0.2, 0) is 16.7 Å². The number of aromatic nitrogens is 3. The number of nitrogens with zero attached hydrogens (tertiary/aromatic N) is 3. The van der Waals surface area contributed by atoms with Crippen molar-refractivity contribution in [3.63, 3.8) is 0 Å². The zero-order chi connectivity index (χ0) is 27.1. The number of hydrogen-bond donors (Lipinski definition) is 1. The van der Waals surface area contributed by atoms with E-state index in [0.717, 1.165) is 10.6 Å². The molecule has 3 heterocycles. The van der Waals surface area contributed by atoms with Crippen LogP contribution in [0.3, 0.4) is 0 Å². The zero-order valence-electron chi connectivity index (χ0n) is 19.9. The molecule has 0 fully saturated rings. The topological polar surface area (TPSA) is 125 Å². The summed E-state index contributed by atoms with van der Waals surface area (Å²) in [5.41, 5.74) is 0.248. The van der Waals surface area contributed by atoms with Gasteiger partial charge in [-0.1, -0.05) is 11.2 Å². The SMILES string of the molecule is COc1cc2c(cc1-c1c(C)noc1C)cc(C(CS(=O)(=O)O)C(F)(F)F)c(=O)n2Cc1ccccn1. The van der Waals surface area contributed by atoms with Crippen molar-refractivity contribution in [2.45, 2.75) is 32.5 Å². The predicted molar refractivity (Wildman–Crippen MR) is 128 cm³/mol. The third-order valence-corrected chi connectivity index (χ3v) is 6.69. The highest BCUT2D eigenvalue weighted by Crippen LogP contribution is 2.40. The van der Waals surface area contributed by atoms with Gasteiger partial charge >= 0.3 is 6.18 Å². The number of fused-ring (bicyclic) bond motifs is 1. The molecule has 4 aromatic rings. The van der Waals surface area contributed by atoms with Gasteiger partial charge in [0.25, 0.3) is 15.7 Å². The van der Waals surface area contributed by atoms with Gasteiger partial charge in [-0.05, 0) is 43.5 Å². The summed E-state index contributed by atoms with van der Waals surface area (Å²) in [5.74, 6) is -3.71. The first-order valence-electron chi connectivity index (χ1n) is 10.9. The van der Waals surface area contributed by atoms with Crippen molar-refractivity contribution < 1.29 is 35.4 Å². The lowest BCUT2D eigenvalue weighted by Gasteiger charge is -2.22. The van der Waals surface area contributed by atoms with E-state index in [1.165, 1.54) is 25.4 Å². The Bertz CT molecular complexity index is 1610. The molecule has 196 valence electrons. The van der Waals surface area contributed by atoms with Crippen molar-refractivity contribution in [1.82, 2.24) is 14.7 Å². The van der Waals surface area contributed by atoms with Crippen LogP contribution in [0.25, 0.3) is 22.0 Å². The van der Waals surface area contributed by atoms with Gasteiger partial charge in [0.05, 0.1) is 41.9 Å². The molecule has 13 heteroatoms. The fourth-order valence-electron chi connectivity index (χ4n) is 4.29. The van der Waals surface area contributed by atoms with Gasteiger partial charge < -0.3 is 13.8 Å². The number of aryl methyl sites for hydroxylation is 2. The van der Waals surface area contributed by atoms with Crippen LogP contribution in [0.5, 0.6) is 5.75 Å². The molecule has 9 nitrogen and oxygen atoms in total. The smallest absolute Gasteiger partial charge is 0.397 e. The van der Waals surface area contributed by atoms with Crippen molar-refractivity contribution >= 4 is 21.0 Å². The van der Waals surface area contributed by atoms with E-state index in [-0.39, 0.29) is 17.4 Å². The van der Waals surface area contributed by atoms with Crippen LogP contribution in [-0.4, -0.2) is 46.7 Å². The van der Waals surface area contributed by atoms with E-state index in [1.54, 1.807) is 32.0 Å². The Kier molecular flexibility index (Phi) is 6.86. The highest BCUT2D eigenvalue weighted by Gasteiger charge is 2.45. The first kappa shape index (κ1) is 26.4. The second-order valence-electron chi connectivity index (χ2n) is 8.47. The lowest BCUT2D eigenvalue weighted by Crippen LogP contribution is -2.35. The molecule has 1 aromatic carbocycles. The summed E-state index contributed by atoms with van der Waals surface area (Å²) in [5, 5.41) is 4.12. The maximum Gasteiger partial charge on any atom is 0.397 e. The van der Waals surface area contributed by atoms with Crippen LogP contribution in [0.2, 0.25) is 0 Å². The van der Waals surface area contributed by atoms with Gasteiger partial charge in [0.1, 0.15) is 17.4 Å². The van der Waals surface area contributed by atoms with E-state index in [0.29, 0.717) is 34.0 Å². The largest absolute Gasteiger partial charge is 0.496 e. The third-order valence-electron chi connectivity index (χ3n) is 5.94. The lowest BCUT2D eigenvalue weighted by molar-refractivity contribution is -0.145. The zero-order valence-corrected chi connectivity index (χ0v) is 20.7. The van der Waals surface area contributed by atoms with E-state index >= 15 is 0 Å². The molecule has 4 rings (SSSR count). The van der Waals surface area contributed by atoms with Gasteiger partial charge in [0, 0.05) is 23.4 Å². The van der Waals surface area contributed by atoms with Crippen molar-refractivity contribution in [2.75, 3.05) is 12.9 Å². The number of ether oxygens (including phenoxy) is 1. The van der Waals surface area contributed by atoms with Gasteiger partial charge in [0.2, 0.25) is 0 Å². The van der Waals surface area contributed by atoms with Crippen LogP contribution >= 0.6 is 0 Å². The molecule has 0 saturated carbocycles. The minimum Gasteiger partial charge on any atom is -0.496 e. The Morgan fingerprint density at radius 1 is 1.19 bits per heavy atom. The second kappa shape index (κ2) is 9.63. The van der Waals surface area contributed by atoms with E-state index < -0.39 is 39.1 Å². The van der Waals surface area contributed by atoms with Crippen LogP contribution in [0.15, 0.2) is 51.9 Å². The molecule has 0 bridgehead atoms. The average molecular weight is 538 g/mol. The third kappa shape index (κ3) is 5.37. The van der Waals surface area contributed by atoms with E-state index in [2.05, 4.69) is 10.1 Å². The molecule has 1 unspecified atom stereocenters. The number of halogens is 3. The summed E-state index contributed by atoms with van der Waals surface area (Å²) in [6.07, 6.45) is -3.66. The number of benzene rings is 1. The van der Waals surface area contributed by atoms with Crippen LogP contribution < -0.4 is 10.3 Å². The Morgan fingerprint density at radius 3 is 2.46 bits per heavy atom. The summed E-state index contributed by atoms with van der Waals surface area (Å²) < 4.78 is 86.1. The van der Waals surface area contributed by atoms with Crippen LogP contribution in [0.4, 0.5) is 13.2 Å². The van der Waals surface area contributed by atoms with Crippen molar-refractivity contribution in [3.05, 3.63) is 75.7 Å². The maximum atomic E-state index is 14.0. The fraction of sp³-hybridized carbons (Fsp3) is 0.292. The molecule has 1 atom stereocenters. The molecule has 0 spiro atoms. The minimum atomic E-state index is -5.14. The Hall–Kier alpha value is -3.71. The number of methoxy groups -OCH3 is 1. The minimum absolute atomic E-state index is 0.200. The molecule has 0 aliphatic rings. The molecule has 0 aliphatic carbocycles. The standard InChI is InChI=1S/C24H22F3N3O6S/c1-13-22(14(2)36-29-13)18-9-15-8-17(19(24(25,26)27)12-37(32,33)34)23(31)30(20(15)10-21(18)35-3)11-16-6-4-5-7-28-16/h4-10,19H,11-12H2,1-3H3,(H,32,33,34). The lowest BCUT2D eigenvalue weighted by atomic mass is 9.96.